The topological polar surface area (TPSA) is 72.0 Å². The number of imidazole rings is 1. The molecule has 0 unspecified atom stereocenters. The summed E-state index contributed by atoms with van der Waals surface area (Å²) in [5, 5.41) is 11.2. The second kappa shape index (κ2) is 8.17. The number of hydrogen-bond donors (Lipinski definition) is 1. The molecule has 1 aliphatic heterocycles. The molecule has 0 spiro atoms. The van der Waals surface area contributed by atoms with Crippen LogP contribution in [0.3, 0.4) is 0 Å². The highest BCUT2D eigenvalue weighted by Gasteiger charge is 2.21. The van der Waals surface area contributed by atoms with Crippen molar-refractivity contribution in [3.63, 3.8) is 0 Å². The van der Waals surface area contributed by atoms with E-state index in [0.717, 1.165) is 55.0 Å². The molecule has 0 aliphatic carbocycles. The molecule has 3 heterocycles. The first-order valence-corrected chi connectivity index (χ1v) is 10.7. The van der Waals surface area contributed by atoms with Gasteiger partial charge in [0.2, 0.25) is 11.7 Å². The van der Waals surface area contributed by atoms with Gasteiger partial charge in [-0.25, -0.2) is 9.38 Å². The van der Waals surface area contributed by atoms with Crippen LogP contribution in [0.15, 0.2) is 53.3 Å². The predicted octanol–water partition coefficient (Wildman–Crippen LogP) is 2.59. The van der Waals surface area contributed by atoms with Crippen LogP contribution in [0.4, 0.5) is 0 Å². The third-order valence-electron chi connectivity index (χ3n) is 6.14. The van der Waals surface area contributed by atoms with E-state index in [1.165, 1.54) is 0 Å². The van der Waals surface area contributed by atoms with Gasteiger partial charge >= 0.3 is 0 Å². The van der Waals surface area contributed by atoms with Crippen molar-refractivity contribution >= 4 is 16.8 Å². The molecule has 0 bridgehead atoms. The summed E-state index contributed by atoms with van der Waals surface area (Å²) in [6.07, 6.45) is 0.372. The highest BCUT2D eigenvalue weighted by molar-refractivity contribution is 5.79. The SMILES string of the molecule is Cc1ccccc1Cc1c(O)n(CCN2CCOCC2)c2nc3ccccc3n2c1=O. The number of fused-ring (bicyclic) bond motifs is 3. The largest absolute Gasteiger partial charge is 0.494 e. The van der Waals surface area contributed by atoms with Crippen LogP contribution in [0.2, 0.25) is 0 Å². The van der Waals surface area contributed by atoms with Crippen LogP contribution < -0.4 is 5.56 Å². The molecular weight excluding hydrogens is 392 g/mol. The quantitative estimate of drug-likeness (QED) is 0.539. The highest BCUT2D eigenvalue weighted by Crippen LogP contribution is 2.24. The van der Waals surface area contributed by atoms with Crippen LogP contribution in [0.1, 0.15) is 16.7 Å². The molecule has 7 nitrogen and oxygen atoms in total. The standard InChI is InChI=1S/C24H26N4O3/c1-17-6-2-3-7-18(17)16-19-22(29)27(11-10-26-12-14-31-15-13-26)24-25-20-8-4-5-9-21(20)28(24)23(19)30/h2-9,29H,10-16H2,1H3. The van der Waals surface area contributed by atoms with Crippen molar-refractivity contribution in [3.8, 4) is 5.88 Å². The lowest BCUT2D eigenvalue weighted by molar-refractivity contribution is 0.0362. The number of hydrogen-bond acceptors (Lipinski definition) is 5. The summed E-state index contributed by atoms with van der Waals surface area (Å²) < 4.78 is 8.87. The fourth-order valence-electron chi connectivity index (χ4n) is 4.31. The van der Waals surface area contributed by atoms with Crippen LogP contribution in [-0.2, 0) is 17.7 Å². The number of rotatable bonds is 5. The lowest BCUT2D eigenvalue weighted by atomic mass is 10.0. The smallest absolute Gasteiger partial charge is 0.266 e. The van der Waals surface area contributed by atoms with E-state index in [9.17, 15) is 9.90 Å². The van der Waals surface area contributed by atoms with Crippen molar-refractivity contribution in [2.24, 2.45) is 0 Å². The maximum absolute atomic E-state index is 13.5. The first kappa shape index (κ1) is 19.8. The molecule has 1 saturated heterocycles. The van der Waals surface area contributed by atoms with Gasteiger partial charge in [0.05, 0.1) is 29.8 Å². The minimum absolute atomic E-state index is 0.00400. The number of para-hydroxylation sites is 2. The van der Waals surface area contributed by atoms with Crippen molar-refractivity contribution < 1.29 is 9.84 Å². The summed E-state index contributed by atoms with van der Waals surface area (Å²) in [6.45, 7) is 6.48. The lowest BCUT2D eigenvalue weighted by Crippen LogP contribution is -2.38. The first-order valence-electron chi connectivity index (χ1n) is 10.7. The Morgan fingerprint density at radius 2 is 1.77 bits per heavy atom. The van der Waals surface area contributed by atoms with Gasteiger partial charge in [-0.05, 0) is 30.2 Å². The van der Waals surface area contributed by atoms with Gasteiger partial charge in [-0.2, -0.15) is 0 Å². The summed E-state index contributed by atoms with van der Waals surface area (Å²) in [7, 11) is 0. The normalized spacial score (nSPS) is 15.1. The number of ether oxygens (including phenoxy) is 1. The minimum Gasteiger partial charge on any atom is -0.494 e. The van der Waals surface area contributed by atoms with Gasteiger partial charge in [0.25, 0.3) is 5.56 Å². The molecule has 160 valence electrons. The minimum atomic E-state index is -0.216. The molecule has 7 heteroatoms. The summed E-state index contributed by atoms with van der Waals surface area (Å²) >= 11 is 0. The molecule has 0 amide bonds. The van der Waals surface area contributed by atoms with Crippen molar-refractivity contribution in [2.45, 2.75) is 19.9 Å². The Morgan fingerprint density at radius 3 is 2.58 bits per heavy atom. The Kier molecular flexibility index (Phi) is 5.21. The van der Waals surface area contributed by atoms with E-state index < -0.39 is 0 Å². The van der Waals surface area contributed by atoms with E-state index in [1.807, 2.05) is 55.5 Å². The Bertz CT molecular complexity index is 1300. The zero-order valence-electron chi connectivity index (χ0n) is 17.6. The summed E-state index contributed by atoms with van der Waals surface area (Å²) in [6, 6.07) is 15.6. The zero-order chi connectivity index (χ0) is 21.4. The van der Waals surface area contributed by atoms with Gasteiger partial charge in [0.15, 0.2) is 0 Å². The molecule has 2 aromatic carbocycles. The second-order valence-electron chi connectivity index (χ2n) is 8.05. The lowest BCUT2D eigenvalue weighted by Gasteiger charge is -2.27. The fourth-order valence-corrected chi connectivity index (χ4v) is 4.31. The maximum atomic E-state index is 13.5. The van der Waals surface area contributed by atoms with E-state index in [1.54, 1.807) is 8.97 Å². The van der Waals surface area contributed by atoms with E-state index in [0.29, 0.717) is 24.3 Å². The monoisotopic (exact) mass is 418 g/mol. The Balaban J connectivity index is 1.66. The van der Waals surface area contributed by atoms with E-state index in [2.05, 4.69) is 9.88 Å². The Hall–Kier alpha value is -3.16. The second-order valence-corrected chi connectivity index (χ2v) is 8.05. The summed E-state index contributed by atoms with van der Waals surface area (Å²) in [4.78, 5) is 20.5. The van der Waals surface area contributed by atoms with Gasteiger partial charge in [-0.15, -0.1) is 0 Å². The molecular formula is C24H26N4O3. The van der Waals surface area contributed by atoms with Crippen molar-refractivity contribution in [1.82, 2.24) is 18.9 Å². The molecule has 4 aromatic rings. The number of benzene rings is 2. The first-order chi connectivity index (χ1) is 15.1. The highest BCUT2D eigenvalue weighted by atomic mass is 16.5. The number of aromatic nitrogens is 3. The molecule has 1 fully saturated rings. The van der Waals surface area contributed by atoms with Crippen molar-refractivity contribution in [1.29, 1.82) is 0 Å². The van der Waals surface area contributed by atoms with Crippen molar-refractivity contribution in [3.05, 3.63) is 75.6 Å². The number of nitrogens with zero attached hydrogens (tertiary/aromatic N) is 4. The third kappa shape index (κ3) is 3.60. The van der Waals surface area contributed by atoms with Crippen LogP contribution in [-0.4, -0.2) is 56.8 Å². The van der Waals surface area contributed by atoms with Crippen LogP contribution in [0.5, 0.6) is 5.88 Å². The molecule has 2 aromatic heterocycles. The molecule has 31 heavy (non-hydrogen) atoms. The summed E-state index contributed by atoms with van der Waals surface area (Å²) in [5.41, 5.74) is 3.80. The van der Waals surface area contributed by atoms with Gasteiger partial charge in [-0.3, -0.25) is 14.3 Å². The molecule has 1 aliphatic rings. The molecule has 1 N–H and O–H groups in total. The van der Waals surface area contributed by atoms with E-state index in [-0.39, 0.29) is 11.4 Å². The molecule has 5 rings (SSSR count). The Morgan fingerprint density at radius 1 is 1.03 bits per heavy atom. The maximum Gasteiger partial charge on any atom is 0.266 e. The Labute approximate surface area is 180 Å². The van der Waals surface area contributed by atoms with Crippen LogP contribution >= 0.6 is 0 Å². The van der Waals surface area contributed by atoms with Crippen LogP contribution in [0.25, 0.3) is 16.8 Å². The number of aromatic hydroxyl groups is 1. The van der Waals surface area contributed by atoms with Gasteiger partial charge < -0.3 is 9.84 Å². The molecule has 0 atom stereocenters. The molecule has 0 radical (unpaired) electrons. The van der Waals surface area contributed by atoms with E-state index in [4.69, 9.17) is 4.74 Å². The third-order valence-corrected chi connectivity index (χ3v) is 6.14. The van der Waals surface area contributed by atoms with Crippen molar-refractivity contribution in [2.75, 3.05) is 32.8 Å². The summed E-state index contributed by atoms with van der Waals surface area (Å²) in [5.74, 6) is 0.481. The van der Waals surface area contributed by atoms with Crippen LogP contribution in [0, 0.1) is 6.92 Å². The van der Waals surface area contributed by atoms with E-state index >= 15 is 0 Å². The fraction of sp³-hybridized carbons (Fsp3) is 0.333. The number of aryl methyl sites for hydroxylation is 1. The van der Waals surface area contributed by atoms with Gasteiger partial charge in [0.1, 0.15) is 0 Å². The van der Waals surface area contributed by atoms with Gasteiger partial charge in [0, 0.05) is 32.6 Å². The average molecular weight is 418 g/mol. The zero-order valence-corrected chi connectivity index (χ0v) is 17.6. The molecule has 0 saturated carbocycles. The van der Waals surface area contributed by atoms with Gasteiger partial charge in [-0.1, -0.05) is 36.4 Å². The average Bonchev–Trinajstić information content (AvgIpc) is 3.18. The number of morpholine rings is 1. The predicted molar refractivity (Wildman–Crippen MR) is 120 cm³/mol.